The number of fused-ring (bicyclic) bond motifs is 1. The molecule has 2 aliphatic rings. The number of hydrogen-bond acceptors (Lipinski definition) is 5. The van der Waals surface area contributed by atoms with E-state index in [1.54, 1.807) is 33.5 Å². The Bertz CT molecular complexity index is 576. The van der Waals surface area contributed by atoms with Gasteiger partial charge in [-0.05, 0) is 25.0 Å². The van der Waals surface area contributed by atoms with Crippen molar-refractivity contribution < 1.29 is 23.7 Å². The predicted octanol–water partition coefficient (Wildman–Crippen LogP) is 2.50. The number of hydrogen-bond donors (Lipinski definition) is 0. The van der Waals surface area contributed by atoms with Crippen molar-refractivity contribution in [3.8, 4) is 17.2 Å². The van der Waals surface area contributed by atoms with Crippen LogP contribution in [-0.2, 0) is 4.74 Å². The standard InChI is InChI=1S/C18H25NO5/c1-21-15-10-12(11-16(22-2)17(15)23-3)18(20)19-8-9-24-14-7-5-4-6-13(14)19/h10-11,13-14H,4-9H2,1-3H3/t13-,14+/m1/s1. The Labute approximate surface area is 142 Å². The van der Waals surface area contributed by atoms with Gasteiger partial charge in [-0.25, -0.2) is 0 Å². The lowest BCUT2D eigenvalue weighted by Gasteiger charge is -2.43. The number of ether oxygens (including phenoxy) is 4. The minimum atomic E-state index is -0.00514. The first-order valence-electron chi connectivity index (χ1n) is 8.42. The first kappa shape index (κ1) is 16.9. The van der Waals surface area contributed by atoms with E-state index in [0.717, 1.165) is 19.3 Å². The normalized spacial score (nSPS) is 23.4. The van der Waals surface area contributed by atoms with E-state index in [4.69, 9.17) is 18.9 Å². The molecule has 0 bridgehead atoms. The van der Waals surface area contributed by atoms with E-state index < -0.39 is 0 Å². The number of morpholine rings is 1. The summed E-state index contributed by atoms with van der Waals surface area (Å²) in [5.41, 5.74) is 0.552. The largest absolute Gasteiger partial charge is 0.493 e. The average molecular weight is 335 g/mol. The molecule has 1 amide bonds. The van der Waals surface area contributed by atoms with Gasteiger partial charge in [-0.1, -0.05) is 12.8 Å². The fraction of sp³-hybridized carbons (Fsp3) is 0.611. The fourth-order valence-corrected chi connectivity index (χ4v) is 3.72. The third kappa shape index (κ3) is 3.02. The molecule has 6 nitrogen and oxygen atoms in total. The van der Waals surface area contributed by atoms with E-state index in [1.807, 2.05) is 4.90 Å². The van der Waals surface area contributed by atoms with E-state index in [2.05, 4.69) is 0 Å². The number of carbonyl (C=O) groups excluding carboxylic acids is 1. The minimum Gasteiger partial charge on any atom is -0.493 e. The summed E-state index contributed by atoms with van der Waals surface area (Å²) in [6, 6.07) is 3.60. The van der Waals surface area contributed by atoms with E-state index >= 15 is 0 Å². The molecule has 0 spiro atoms. The summed E-state index contributed by atoms with van der Waals surface area (Å²) in [5, 5.41) is 0. The van der Waals surface area contributed by atoms with Crippen molar-refractivity contribution in [3.05, 3.63) is 17.7 Å². The quantitative estimate of drug-likeness (QED) is 0.846. The molecule has 1 aromatic carbocycles. The van der Waals surface area contributed by atoms with Crippen molar-refractivity contribution in [1.82, 2.24) is 4.90 Å². The molecule has 0 unspecified atom stereocenters. The van der Waals surface area contributed by atoms with Gasteiger partial charge in [-0.3, -0.25) is 4.79 Å². The second-order valence-electron chi connectivity index (χ2n) is 6.17. The monoisotopic (exact) mass is 335 g/mol. The van der Waals surface area contributed by atoms with E-state index in [1.165, 1.54) is 6.42 Å². The highest BCUT2D eigenvalue weighted by Crippen LogP contribution is 2.39. The van der Waals surface area contributed by atoms with Gasteiger partial charge in [0.25, 0.3) is 5.91 Å². The molecule has 3 rings (SSSR count). The van der Waals surface area contributed by atoms with Gasteiger partial charge in [0.2, 0.25) is 5.75 Å². The maximum Gasteiger partial charge on any atom is 0.254 e. The lowest BCUT2D eigenvalue weighted by atomic mass is 9.89. The summed E-state index contributed by atoms with van der Waals surface area (Å²) in [4.78, 5) is 15.1. The van der Waals surface area contributed by atoms with Gasteiger partial charge in [0.05, 0.1) is 40.1 Å². The fourth-order valence-electron chi connectivity index (χ4n) is 3.72. The van der Waals surface area contributed by atoms with Crippen LogP contribution in [0.1, 0.15) is 36.0 Å². The topological polar surface area (TPSA) is 57.2 Å². The lowest BCUT2D eigenvalue weighted by molar-refractivity contribution is -0.0752. The van der Waals surface area contributed by atoms with Crippen LogP contribution in [0.25, 0.3) is 0 Å². The maximum atomic E-state index is 13.1. The van der Waals surface area contributed by atoms with Gasteiger partial charge < -0.3 is 23.8 Å². The average Bonchev–Trinajstić information content (AvgIpc) is 2.65. The molecule has 1 saturated carbocycles. The molecule has 2 atom stereocenters. The molecule has 1 aliphatic heterocycles. The van der Waals surface area contributed by atoms with Crippen LogP contribution in [0.4, 0.5) is 0 Å². The van der Waals surface area contributed by atoms with Crippen molar-refractivity contribution in [2.45, 2.75) is 37.8 Å². The molecule has 2 fully saturated rings. The van der Waals surface area contributed by atoms with Gasteiger partial charge >= 0.3 is 0 Å². The van der Waals surface area contributed by atoms with Crippen molar-refractivity contribution in [2.75, 3.05) is 34.5 Å². The molecular weight excluding hydrogens is 310 g/mol. The zero-order chi connectivity index (χ0) is 17.1. The lowest BCUT2D eigenvalue weighted by Crippen LogP contribution is -2.54. The Morgan fingerprint density at radius 2 is 1.75 bits per heavy atom. The molecule has 132 valence electrons. The van der Waals surface area contributed by atoms with Gasteiger partial charge in [0.1, 0.15) is 0 Å². The number of nitrogens with zero attached hydrogens (tertiary/aromatic N) is 1. The highest BCUT2D eigenvalue weighted by molar-refractivity contribution is 5.96. The van der Waals surface area contributed by atoms with Crippen molar-refractivity contribution in [1.29, 1.82) is 0 Å². The molecule has 0 N–H and O–H groups in total. The Balaban J connectivity index is 1.91. The SMILES string of the molecule is COc1cc(C(=O)N2CCO[C@H]3CCCC[C@H]32)cc(OC)c1OC. The van der Waals surface area contributed by atoms with Gasteiger partial charge in [0.15, 0.2) is 11.5 Å². The smallest absolute Gasteiger partial charge is 0.254 e. The third-order valence-corrected chi connectivity index (χ3v) is 4.90. The van der Waals surface area contributed by atoms with Crippen LogP contribution in [0.3, 0.4) is 0 Å². The van der Waals surface area contributed by atoms with Gasteiger partial charge in [-0.2, -0.15) is 0 Å². The number of carbonyl (C=O) groups is 1. The maximum absolute atomic E-state index is 13.1. The zero-order valence-electron chi connectivity index (χ0n) is 14.5. The molecule has 1 saturated heterocycles. The molecule has 1 heterocycles. The molecular formula is C18H25NO5. The zero-order valence-corrected chi connectivity index (χ0v) is 14.5. The summed E-state index contributed by atoms with van der Waals surface area (Å²) in [6.07, 6.45) is 4.51. The van der Waals surface area contributed by atoms with E-state index in [0.29, 0.717) is 36.0 Å². The molecule has 6 heteroatoms. The van der Waals surface area contributed by atoms with E-state index in [9.17, 15) is 4.79 Å². The number of amides is 1. The highest BCUT2D eigenvalue weighted by Gasteiger charge is 2.37. The minimum absolute atomic E-state index is 0.00514. The Morgan fingerprint density at radius 3 is 2.38 bits per heavy atom. The molecule has 0 aromatic heterocycles. The number of rotatable bonds is 4. The van der Waals surface area contributed by atoms with Gasteiger partial charge in [-0.15, -0.1) is 0 Å². The van der Waals surface area contributed by atoms with Crippen molar-refractivity contribution in [2.24, 2.45) is 0 Å². The van der Waals surface area contributed by atoms with Gasteiger partial charge in [0, 0.05) is 12.1 Å². The van der Waals surface area contributed by atoms with E-state index in [-0.39, 0.29) is 18.1 Å². The molecule has 1 aliphatic carbocycles. The van der Waals surface area contributed by atoms with Crippen LogP contribution < -0.4 is 14.2 Å². The van der Waals surface area contributed by atoms with Crippen LogP contribution in [-0.4, -0.2) is 57.4 Å². The van der Waals surface area contributed by atoms with Crippen LogP contribution in [0, 0.1) is 0 Å². The third-order valence-electron chi connectivity index (χ3n) is 4.90. The van der Waals surface area contributed by atoms with Crippen LogP contribution in [0.2, 0.25) is 0 Å². The number of methoxy groups -OCH3 is 3. The molecule has 1 aromatic rings. The Morgan fingerprint density at radius 1 is 1.08 bits per heavy atom. The predicted molar refractivity (Wildman–Crippen MR) is 89.1 cm³/mol. The van der Waals surface area contributed by atoms with Crippen LogP contribution in [0.5, 0.6) is 17.2 Å². The van der Waals surface area contributed by atoms with Crippen LogP contribution in [0.15, 0.2) is 12.1 Å². The first-order chi connectivity index (χ1) is 11.7. The summed E-state index contributed by atoms with van der Waals surface area (Å²) < 4.78 is 21.9. The second-order valence-corrected chi connectivity index (χ2v) is 6.17. The summed E-state index contributed by atoms with van der Waals surface area (Å²) in [7, 11) is 4.66. The molecule has 24 heavy (non-hydrogen) atoms. The highest BCUT2D eigenvalue weighted by atomic mass is 16.5. The Kier molecular flexibility index (Phi) is 5.14. The summed E-state index contributed by atoms with van der Waals surface area (Å²) in [5.74, 6) is 1.48. The number of benzene rings is 1. The summed E-state index contributed by atoms with van der Waals surface area (Å²) in [6.45, 7) is 1.22. The van der Waals surface area contributed by atoms with Crippen molar-refractivity contribution in [3.63, 3.8) is 0 Å². The Hall–Kier alpha value is -1.95. The van der Waals surface area contributed by atoms with Crippen LogP contribution >= 0.6 is 0 Å². The molecule has 0 radical (unpaired) electrons. The van der Waals surface area contributed by atoms with Crippen molar-refractivity contribution >= 4 is 5.91 Å². The summed E-state index contributed by atoms with van der Waals surface area (Å²) >= 11 is 0. The first-order valence-corrected chi connectivity index (χ1v) is 8.42. The second kappa shape index (κ2) is 7.30.